The van der Waals surface area contributed by atoms with Crippen LogP contribution >= 0.6 is 0 Å². The first-order valence-corrected chi connectivity index (χ1v) is 11.7. The van der Waals surface area contributed by atoms with E-state index in [9.17, 15) is 9.18 Å². The Morgan fingerprint density at radius 1 is 1.21 bits per heavy atom. The number of nitrogens with one attached hydrogen (secondary N) is 1. The summed E-state index contributed by atoms with van der Waals surface area (Å²) < 4.78 is 26.3. The molecule has 3 aromatic rings. The molecule has 2 aliphatic heterocycles. The van der Waals surface area contributed by atoms with Crippen LogP contribution < -0.4 is 5.32 Å². The number of halogens is 1. The Balaban J connectivity index is 1.11. The van der Waals surface area contributed by atoms with Crippen molar-refractivity contribution in [3.8, 4) is 0 Å². The van der Waals surface area contributed by atoms with E-state index in [2.05, 4.69) is 25.7 Å². The van der Waals surface area contributed by atoms with Gasteiger partial charge >= 0.3 is 0 Å². The average molecular weight is 469 g/mol. The van der Waals surface area contributed by atoms with E-state index < -0.39 is 0 Å². The highest BCUT2D eigenvalue weighted by atomic mass is 19.1. The summed E-state index contributed by atoms with van der Waals surface area (Å²) >= 11 is 0. The molecule has 0 radical (unpaired) electrons. The zero-order chi connectivity index (χ0) is 23.7. The first-order valence-electron chi connectivity index (χ1n) is 11.7. The van der Waals surface area contributed by atoms with E-state index in [0.717, 1.165) is 54.1 Å². The number of fused-ring (bicyclic) bond motifs is 1. The average Bonchev–Trinajstić information content (AvgIpc) is 3.38. The second-order valence-corrected chi connectivity index (χ2v) is 9.11. The van der Waals surface area contributed by atoms with E-state index in [0.29, 0.717) is 31.9 Å². The monoisotopic (exact) mass is 468 g/mol. The van der Waals surface area contributed by atoms with Gasteiger partial charge < -0.3 is 14.6 Å². The molecule has 5 rings (SSSR count). The molecular formula is C24H29FN6O3. The van der Waals surface area contributed by atoms with Crippen LogP contribution in [0.2, 0.25) is 0 Å². The Kier molecular flexibility index (Phi) is 6.42. The van der Waals surface area contributed by atoms with Crippen LogP contribution in [0.25, 0.3) is 0 Å². The Morgan fingerprint density at radius 3 is 2.68 bits per heavy atom. The molecule has 2 aliphatic rings. The topological polar surface area (TPSA) is 98.3 Å². The van der Waals surface area contributed by atoms with Crippen LogP contribution in [0, 0.1) is 19.7 Å². The molecule has 0 aliphatic carbocycles. The van der Waals surface area contributed by atoms with Crippen molar-refractivity contribution < 1.29 is 18.4 Å². The van der Waals surface area contributed by atoms with Gasteiger partial charge in [0.15, 0.2) is 0 Å². The molecule has 0 saturated carbocycles. The summed E-state index contributed by atoms with van der Waals surface area (Å²) in [7, 11) is 0. The van der Waals surface area contributed by atoms with E-state index in [1.54, 1.807) is 12.1 Å². The number of carbonyl (C=O) groups is 1. The predicted octanol–water partition coefficient (Wildman–Crippen LogP) is 2.62. The largest absolute Gasteiger partial charge is 0.365 e. The molecule has 0 unspecified atom stereocenters. The number of piperidine rings is 1. The molecule has 0 spiro atoms. The van der Waals surface area contributed by atoms with Crippen molar-refractivity contribution in [3.05, 3.63) is 64.1 Å². The zero-order valence-electron chi connectivity index (χ0n) is 19.5. The molecule has 1 amide bonds. The number of aryl methyl sites for hydroxylation is 2. The number of likely N-dealkylation sites (tertiary alicyclic amines) is 1. The Hall–Kier alpha value is -3.11. The van der Waals surface area contributed by atoms with Crippen LogP contribution in [0.5, 0.6) is 0 Å². The summed E-state index contributed by atoms with van der Waals surface area (Å²) in [5.41, 5.74) is 4.50. The maximum absolute atomic E-state index is 13.2. The minimum absolute atomic E-state index is 0.00748. The number of ether oxygens (including phenoxy) is 1. The summed E-state index contributed by atoms with van der Waals surface area (Å²) in [6.07, 6.45) is 1.92. The van der Waals surface area contributed by atoms with Gasteiger partial charge in [0.1, 0.15) is 23.4 Å². The molecule has 2 aromatic heterocycles. The summed E-state index contributed by atoms with van der Waals surface area (Å²) in [6, 6.07) is 6.56. The number of amides is 1. The number of carbonyl (C=O) groups excluding carboxylic acids is 1. The second-order valence-electron chi connectivity index (χ2n) is 9.11. The Bertz CT molecular complexity index is 1130. The third-order valence-corrected chi connectivity index (χ3v) is 6.76. The van der Waals surface area contributed by atoms with Gasteiger partial charge in [0, 0.05) is 31.2 Å². The smallest absolute Gasteiger partial charge is 0.224 e. The lowest BCUT2D eigenvalue weighted by atomic mass is 10.0. The molecule has 10 heteroatoms. The van der Waals surface area contributed by atoms with Crippen LogP contribution in [0.15, 0.2) is 28.8 Å². The van der Waals surface area contributed by atoms with Crippen LogP contribution in [0.3, 0.4) is 0 Å². The lowest BCUT2D eigenvalue weighted by Crippen LogP contribution is -2.45. The number of nitrogens with zero attached hydrogens (tertiary/aromatic N) is 5. The highest BCUT2D eigenvalue weighted by Gasteiger charge is 2.27. The van der Waals surface area contributed by atoms with Crippen molar-refractivity contribution in [2.75, 3.05) is 13.1 Å². The molecule has 0 bridgehead atoms. The molecule has 1 atom stereocenters. The second kappa shape index (κ2) is 9.63. The number of rotatable bonds is 6. The highest BCUT2D eigenvalue weighted by molar-refractivity contribution is 5.79. The minimum Gasteiger partial charge on any atom is -0.365 e. The Morgan fingerprint density at radius 2 is 1.97 bits per heavy atom. The summed E-state index contributed by atoms with van der Waals surface area (Å²) in [6.45, 7) is 7.14. The van der Waals surface area contributed by atoms with Gasteiger partial charge in [-0.15, -0.1) is 5.10 Å². The third kappa shape index (κ3) is 4.88. The van der Waals surface area contributed by atoms with Crippen molar-refractivity contribution in [2.45, 2.75) is 65.0 Å². The van der Waals surface area contributed by atoms with Gasteiger partial charge in [0.05, 0.1) is 31.0 Å². The molecule has 34 heavy (non-hydrogen) atoms. The molecule has 1 aromatic carbocycles. The van der Waals surface area contributed by atoms with Gasteiger partial charge in [0.25, 0.3) is 0 Å². The van der Waals surface area contributed by atoms with Crippen LogP contribution in [0.4, 0.5) is 4.39 Å². The predicted molar refractivity (Wildman–Crippen MR) is 120 cm³/mol. The van der Waals surface area contributed by atoms with Crippen molar-refractivity contribution >= 4 is 5.91 Å². The van der Waals surface area contributed by atoms with Crippen LogP contribution in [-0.2, 0) is 35.6 Å². The summed E-state index contributed by atoms with van der Waals surface area (Å²) in [5.74, 6) is 0.451. The van der Waals surface area contributed by atoms with Gasteiger partial charge in [0.2, 0.25) is 5.91 Å². The molecular weight excluding hydrogens is 439 g/mol. The fraction of sp³-hybridized carbons (Fsp3) is 0.500. The first-order chi connectivity index (χ1) is 16.5. The summed E-state index contributed by atoms with van der Waals surface area (Å²) in [5, 5.41) is 15.8. The molecule has 9 nitrogen and oxygen atoms in total. The Labute approximate surface area is 197 Å². The molecule has 1 saturated heterocycles. The van der Waals surface area contributed by atoms with Crippen molar-refractivity contribution in [1.82, 2.24) is 30.4 Å². The molecule has 1 N–H and O–H groups in total. The first kappa shape index (κ1) is 22.7. The molecule has 4 heterocycles. The van der Waals surface area contributed by atoms with Gasteiger partial charge in [-0.25, -0.2) is 9.07 Å². The minimum atomic E-state index is -0.257. The lowest BCUT2D eigenvalue weighted by molar-refractivity contribution is -0.121. The van der Waals surface area contributed by atoms with Gasteiger partial charge in [-0.05, 0) is 44.4 Å². The number of hydrogen-bond acceptors (Lipinski definition) is 7. The fourth-order valence-electron chi connectivity index (χ4n) is 4.71. The normalized spacial score (nSPS) is 19.2. The number of hydrogen-bond donors (Lipinski definition) is 1. The maximum atomic E-state index is 13.2. The van der Waals surface area contributed by atoms with Crippen LogP contribution in [-0.4, -0.2) is 50.1 Å². The van der Waals surface area contributed by atoms with Crippen LogP contribution in [0.1, 0.15) is 52.9 Å². The van der Waals surface area contributed by atoms with Crippen molar-refractivity contribution in [2.24, 2.45) is 0 Å². The number of aromatic nitrogens is 4. The van der Waals surface area contributed by atoms with Gasteiger partial charge in [-0.3, -0.25) is 9.69 Å². The van der Waals surface area contributed by atoms with E-state index in [1.807, 2.05) is 18.5 Å². The quantitative estimate of drug-likeness (QED) is 0.594. The SMILES string of the molecule is Cc1noc(C)c1CC(=O)NC1CCN(Cc2nnn3c2CO[C@@H](c2ccc(F)cc2)C3)CC1. The van der Waals surface area contributed by atoms with E-state index in [-0.39, 0.29) is 23.9 Å². The fourth-order valence-corrected chi connectivity index (χ4v) is 4.71. The van der Waals surface area contributed by atoms with E-state index in [1.165, 1.54) is 12.1 Å². The third-order valence-electron chi connectivity index (χ3n) is 6.76. The highest BCUT2D eigenvalue weighted by Crippen LogP contribution is 2.28. The summed E-state index contributed by atoms with van der Waals surface area (Å²) in [4.78, 5) is 14.8. The molecule has 180 valence electrons. The van der Waals surface area contributed by atoms with Crippen molar-refractivity contribution in [3.63, 3.8) is 0 Å². The van der Waals surface area contributed by atoms with Gasteiger partial charge in [-0.1, -0.05) is 22.5 Å². The lowest BCUT2D eigenvalue weighted by Gasteiger charge is -2.32. The number of benzene rings is 1. The van der Waals surface area contributed by atoms with Crippen molar-refractivity contribution in [1.29, 1.82) is 0 Å². The maximum Gasteiger partial charge on any atom is 0.224 e. The zero-order valence-corrected chi connectivity index (χ0v) is 19.5. The van der Waals surface area contributed by atoms with Gasteiger partial charge in [-0.2, -0.15) is 0 Å². The van der Waals surface area contributed by atoms with E-state index >= 15 is 0 Å². The molecule has 1 fully saturated rings. The van der Waals surface area contributed by atoms with E-state index in [4.69, 9.17) is 9.26 Å². The standard InChI is InChI=1S/C24H29FN6O3/c1-15-20(16(2)34-28-15)11-24(32)26-19-7-9-30(10-8-19)12-21-22-14-33-23(13-31(22)29-27-21)17-3-5-18(25)6-4-17/h3-6,19,23H,7-14H2,1-2H3,(H,26,32)/t23-/m1/s1.